The van der Waals surface area contributed by atoms with Gasteiger partial charge in [-0.05, 0) is 24.7 Å². The summed E-state index contributed by atoms with van der Waals surface area (Å²) in [4.78, 5) is 4.68. The molecule has 0 radical (unpaired) electrons. The lowest BCUT2D eigenvalue weighted by molar-refractivity contribution is 0.415. The van der Waals surface area contributed by atoms with E-state index in [9.17, 15) is 0 Å². The predicted molar refractivity (Wildman–Crippen MR) is 90.0 cm³/mol. The molecule has 114 valence electrons. The lowest BCUT2D eigenvalue weighted by Gasteiger charge is -2.06. The van der Waals surface area contributed by atoms with Crippen LogP contribution in [0.3, 0.4) is 0 Å². The predicted octanol–water partition coefficient (Wildman–Crippen LogP) is 3.82. The minimum absolute atomic E-state index is 0.509. The molecular formula is C16H15Cl2N3O. The molecular weight excluding hydrogens is 321 g/mol. The fraction of sp³-hybridized carbons (Fsp3) is 0.188. The second kappa shape index (κ2) is 6.16. The fourth-order valence-electron chi connectivity index (χ4n) is 2.50. The molecule has 2 heterocycles. The van der Waals surface area contributed by atoms with Gasteiger partial charge in [-0.25, -0.2) is 4.98 Å². The highest BCUT2D eigenvalue weighted by molar-refractivity contribution is 6.36. The Balaban J connectivity index is 2.28. The van der Waals surface area contributed by atoms with E-state index in [2.05, 4.69) is 4.98 Å². The molecule has 2 N–H and O–H groups in total. The number of hydrogen-bond acceptors (Lipinski definition) is 3. The Morgan fingerprint density at radius 3 is 2.82 bits per heavy atom. The monoisotopic (exact) mass is 335 g/mol. The lowest BCUT2D eigenvalue weighted by Crippen LogP contribution is -2.06. The molecule has 0 amide bonds. The first-order valence-electron chi connectivity index (χ1n) is 6.84. The first-order chi connectivity index (χ1) is 10.6. The van der Waals surface area contributed by atoms with Crippen LogP contribution in [0.1, 0.15) is 5.69 Å². The number of aromatic nitrogens is 2. The second-order valence-electron chi connectivity index (χ2n) is 4.88. The highest BCUT2D eigenvalue weighted by Gasteiger charge is 2.16. The number of fused-ring (bicyclic) bond motifs is 1. The Kier molecular flexibility index (Phi) is 4.25. The van der Waals surface area contributed by atoms with E-state index in [1.807, 2.05) is 34.9 Å². The zero-order valence-electron chi connectivity index (χ0n) is 12.0. The summed E-state index contributed by atoms with van der Waals surface area (Å²) in [6.45, 7) is 0.509. The zero-order chi connectivity index (χ0) is 15.7. The van der Waals surface area contributed by atoms with Crippen LogP contribution in [0.15, 0.2) is 36.5 Å². The maximum Gasteiger partial charge on any atom is 0.156 e. The van der Waals surface area contributed by atoms with Crippen molar-refractivity contribution >= 4 is 28.8 Å². The van der Waals surface area contributed by atoms with Crippen molar-refractivity contribution in [1.82, 2.24) is 9.38 Å². The van der Waals surface area contributed by atoms with Crippen LogP contribution < -0.4 is 10.5 Å². The first-order valence-corrected chi connectivity index (χ1v) is 7.60. The second-order valence-corrected chi connectivity index (χ2v) is 5.72. The van der Waals surface area contributed by atoms with Gasteiger partial charge >= 0.3 is 0 Å². The molecule has 6 heteroatoms. The molecule has 0 fully saturated rings. The van der Waals surface area contributed by atoms with E-state index < -0.39 is 0 Å². The fourth-order valence-corrected chi connectivity index (χ4v) is 3.01. The van der Waals surface area contributed by atoms with Crippen LogP contribution in [-0.4, -0.2) is 23.0 Å². The van der Waals surface area contributed by atoms with Gasteiger partial charge in [-0.3, -0.25) is 0 Å². The van der Waals surface area contributed by atoms with Crippen molar-refractivity contribution in [2.75, 3.05) is 13.7 Å². The highest BCUT2D eigenvalue weighted by Crippen LogP contribution is 2.31. The molecule has 22 heavy (non-hydrogen) atoms. The number of nitrogens with two attached hydrogens (primary N) is 1. The summed E-state index contributed by atoms with van der Waals surface area (Å²) in [5, 5.41) is 1.07. The van der Waals surface area contributed by atoms with Gasteiger partial charge in [0.05, 0.1) is 28.5 Å². The van der Waals surface area contributed by atoms with E-state index in [4.69, 9.17) is 33.7 Å². The van der Waals surface area contributed by atoms with Crippen molar-refractivity contribution in [3.8, 4) is 17.0 Å². The van der Waals surface area contributed by atoms with Gasteiger partial charge in [0.2, 0.25) is 0 Å². The maximum atomic E-state index is 6.27. The number of ether oxygens (including phenoxy) is 1. The van der Waals surface area contributed by atoms with Crippen molar-refractivity contribution in [3.05, 3.63) is 52.3 Å². The molecule has 0 aliphatic carbocycles. The number of methoxy groups -OCH3 is 1. The van der Waals surface area contributed by atoms with Crippen molar-refractivity contribution in [2.45, 2.75) is 6.42 Å². The van der Waals surface area contributed by atoms with E-state index in [0.29, 0.717) is 28.7 Å². The number of imidazole rings is 1. The number of hydrogen-bond donors (Lipinski definition) is 1. The number of pyridine rings is 1. The smallest absolute Gasteiger partial charge is 0.156 e. The first kappa shape index (κ1) is 15.2. The van der Waals surface area contributed by atoms with Crippen molar-refractivity contribution in [3.63, 3.8) is 0 Å². The Morgan fingerprint density at radius 1 is 1.27 bits per heavy atom. The van der Waals surface area contributed by atoms with Crippen LogP contribution in [0.4, 0.5) is 0 Å². The van der Waals surface area contributed by atoms with Crippen LogP contribution in [0.2, 0.25) is 10.0 Å². The topological polar surface area (TPSA) is 52.5 Å². The largest absolute Gasteiger partial charge is 0.497 e. The van der Waals surface area contributed by atoms with E-state index >= 15 is 0 Å². The third-order valence-corrected chi connectivity index (χ3v) is 3.95. The van der Waals surface area contributed by atoms with E-state index in [1.54, 1.807) is 13.2 Å². The summed E-state index contributed by atoms with van der Waals surface area (Å²) in [7, 11) is 1.64. The molecule has 0 aliphatic rings. The zero-order valence-corrected chi connectivity index (χ0v) is 13.5. The van der Waals surface area contributed by atoms with Crippen molar-refractivity contribution in [1.29, 1.82) is 0 Å². The van der Waals surface area contributed by atoms with Gasteiger partial charge in [0.25, 0.3) is 0 Å². The van der Waals surface area contributed by atoms with Crippen LogP contribution in [0.5, 0.6) is 5.75 Å². The van der Waals surface area contributed by atoms with Gasteiger partial charge in [0.15, 0.2) is 5.65 Å². The summed E-state index contributed by atoms with van der Waals surface area (Å²) in [6.07, 6.45) is 2.48. The number of benzene rings is 1. The van der Waals surface area contributed by atoms with Gasteiger partial charge in [-0.1, -0.05) is 35.3 Å². The average Bonchev–Trinajstić information content (AvgIpc) is 2.87. The van der Waals surface area contributed by atoms with E-state index in [-0.39, 0.29) is 0 Å². The molecule has 4 nitrogen and oxygen atoms in total. The van der Waals surface area contributed by atoms with Gasteiger partial charge in [0, 0.05) is 18.2 Å². The molecule has 0 saturated carbocycles. The standard InChI is InChI=1S/C16H15Cl2N3O/c1-22-12-4-2-3-10(7-12)15-14(5-6-19)21-9-11(17)8-13(18)16(21)20-15/h2-4,7-9H,5-6,19H2,1H3. The SMILES string of the molecule is COc1cccc(-c2nc3c(Cl)cc(Cl)cn3c2CCN)c1. The van der Waals surface area contributed by atoms with Crippen molar-refractivity contribution in [2.24, 2.45) is 5.73 Å². The van der Waals surface area contributed by atoms with Crippen LogP contribution >= 0.6 is 23.2 Å². The van der Waals surface area contributed by atoms with Crippen LogP contribution in [-0.2, 0) is 6.42 Å². The number of nitrogens with zero attached hydrogens (tertiary/aromatic N) is 2. The summed E-state index contributed by atoms with van der Waals surface area (Å²) in [6, 6.07) is 9.44. The third kappa shape index (κ3) is 2.65. The van der Waals surface area contributed by atoms with Crippen LogP contribution in [0, 0.1) is 0 Å². The Morgan fingerprint density at radius 2 is 2.09 bits per heavy atom. The molecule has 0 bridgehead atoms. The third-order valence-electron chi connectivity index (χ3n) is 3.47. The lowest BCUT2D eigenvalue weighted by atomic mass is 10.1. The average molecular weight is 336 g/mol. The summed E-state index contributed by atoms with van der Waals surface area (Å²) in [5.41, 5.74) is 9.21. The summed E-state index contributed by atoms with van der Waals surface area (Å²) < 4.78 is 7.20. The van der Waals surface area contributed by atoms with E-state index in [0.717, 1.165) is 22.7 Å². The normalized spacial score (nSPS) is 11.1. The van der Waals surface area contributed by atoms with Gasteiger partial charge in [-0.15, -0.1) is 0 Å². The molecule has 0 saturated heterocycles. The molecule has 1 aromatic carbocycles. The quantitative estimate of drug-likeness (QED) is 0.788. The summed E-state index contributed by atoms with van der Waals surface area (Å²) in [5.74, 6) is 0.775. The van der Waals surface area contributed by atoms with Gasteiger partial charge in [0.1, 0.15) is 5.75 Å². The molecule has 2 aromatic heterocycles. The highest BCUT2D eigenvalue weighted by atomic mass is 35.5. The Bertz CT molecular complexity index is 830. The Hall–Kier alpha value is -1.75. The number of halogens is 2. The minimum atomic E-state index is 0.509. The Labute approximate surface area is 138 Å². The molecule has 0 atom stereocenters. The molecule has 3 aromatic rings. The van der Waals surface area contributed by atoms with Gasteiger partial charge in [-0.2, -0.15) is 0 Å². The molecule has 0 aliphatic heterocycles. The number of rotatable bonds is 4. The molecule has 3 rings (SSSR count). The van der Waals surface area contributed by atoms with Crippen molar-refractivity contribution < 1.29 is 4.74 Å². The molecule has 0 unspecified atom stereocenters. The van der Waals surface area contributed by atoms with Gasteiger partial charge < -0.3 is 14.9 Å². The van der Waals surface area contributed by atoms with E-state index in [1.165, 1.54) is 0 Å². The van der Waals surface area contributed by atoms with Crippen LogP contribution in [0.25, 0.3) is 16.9 Å². The minimum Gasteiger partial charge on any atom is -0.497 e. The summed E-state index contributed by atoms with van der Waals surface area (Å²) >= 11 is 12.4. The molecule has 0 spiro atoms. The maximum absolute atomic E-state index is 6.27.